The first-order chi connectivity index (χ1) is 22.7. The molecule has 3 aromatic carbocycles. The number of carboxylic acid groups (broad SMARTS) is 1. The predicted molar refractivity (Wildman–Crippen MR) is 181 cm³/mol. The van der Waals surface area contributed by atoms with E-state index in [1.807, 2.05) is 42.5 Å². The lowest BCUT2D eigenvalue weighted by Crippen LogP contribution is -2.49. The van der Waals surface area contributed by atoms with Crippen molar-refractivity contribution in [2.24, 2.45) is 11.3 Å². The molecule has 47 heavy (non-hydrogen) atoms. The Labute approximate surface area is 278 Å². The van der Waals surface area contributed by atoms with Gasteiger partial charge in [-0.3, -0.25) is 4.79 Å². The molecule has 0 radical (unpaired) electrons. The molecule has 2 amide bonds. The van der Waals surface area contributed by atoms with Crippen molar-refractivity contribution in [2.75, 3.05) is 19.7 Å². The van der Waals surface area contributed by atoms with E-state index in [9.17, 15) is 14.7 Å². The van der Waals surface area contributed by atoms with E-state index in [4.69, 9.17) is 14.2 Å². The van der Waals surface area contributed by atoms with Crippen molar-refractivity contribution in [2.45, 2.75) is 89.6 Å². The number of fused-ring (bicyclic) bond motifs is 3. The molecule has 8 nitrogen and oxygen atoms in total. The van der Waals surface area contributed by atoms with Crippen LogP contribution in [0.1, 0.15) is 81.6 Å². The number of nitrogens with zero attached hydrogens (tertiary/aromatic N) is 1. The Kier molecular flexibility index (Phi) is 10.1. The first kappa shape index (κ1) is 32.9. The summed E-state index contributed by atoms with van der Waals surface area (Å²) in [5.74, 6) is 1.000. The monoisotopic (exact) mass is 640 g/mol. The number of ether oxygens (including phenoxy) is 3. The van der Waals surface area contributed by atoms with Gasteiger partial charge in [0, 0.05) is 37.2 Å². The molecular formula is C39H48N2O6. The highest BCUT2D eigenvalue weighted by Crippen LogP contribution is 2.51. The number of piperidine rings is 1. The number of rotatable bonds is 11. The Bertz CT molecular complexity index is 1500. The molecule has 0 aliphatic carbocycles. The average Bonchev–Trinajstić information content (AvgIpc) is 3.09. The fourth-order valence-electron chi connectivity index (χ4n) is 7.56. The van der Waals surface area contributed by atoms with Crippen LogP contribution >= 0.6 is 0 Å². The summed E-state index contributed by atoms with van der Waals surface area (Å²) in [7, 11) is 0. The van der Waals surface area contributed by atoms with Gasteiger partial charge in [-0.15, -0.1) is 0 Å². The maximum atomic E-state index is 12.7. The van der Waals surface area contributed by atoms with Crippen LogP contribution in [0, 0.1) is 11.3 Å². The van der Waals surface area contributed by atoms with Gasteiger partial charge in [-0.1, -0.05) is 60.7 Å². The summed E-state index contributed by atoms with van der Waals surface area (Å²) in [6.45, 7) is 6.00. The molecule has 0 bridgehead atoms. The zero-order chi connectivity index (χ0) is 32.9. The maximum absolute atomic E-state index is 12.7. The van der Waals surface area contributed by atoms with Crippen LogP contribution < -0.4 is 14.8 Å². The number of hydrogen-bond acceptors (Lipinski definition) is 5. The normalized spacial score (nSPS) is 22.7. The first-order valence-electron chi connectivity index (χ1n) is 17.2. The third kappa shape index (κ3) is 7.75. The molecule has 8 heteroatoms. The highest BCUT2D eigenvalue weighted by molar-refractivity contribution is 5.77. The molecule has 2 N–H and O–H groups in total. The van der Waals surface area contributed by atoms with Gasteiger partial charge in [-0.25, -0.2) is 4.79 Å². The Morgan fingerprint density at radius 3 is 2.36 bits per heavy atom. The van der Waals surface area contributed by atoms with E-state index in [1.54, 1.807) is 4.90 Å². The third-order valence-electron chi connectivity index (χ3n) is 10.5. The molecule has 2 saturated heterocycles. The van der Waals surface area contributed by atoms with Crippen molar-refractivity contribution < 1.29 is 28.9 Å². The third-order valence-corrected chi connectivity index (χ3v) is 10.5. The van der Waals surface area contributed by atoms with Gasteiger partial charge in [0.1, 0.15) is 17.1 Å². The molecule has 3 atom stereocenters. The van der Waals surface area contributed by atoms with E-state index < -0.39 is 11.4 Å². The number of likely N-dealkylation sites (tertiary alicyclic amines) is 1. The van der Waals surface area contributed by atoms with Crippen molar-refractivity contribution in [3.8, 4) is 11.5 Å². The van der Waals surface area contributed by atoms with Crippen LogP contribution in [0.4, 0.5) is 4.79 Å². The molecule has 0 aromatic heterocycles. The number of benzene rings is 3. The topological polar surface area (TPSA) is 97.3 Å². The molecule has 250 valence electrons. The molecule has 0 unspecified atom stereocenters. The number of amides is 2. The highest BCUT2D eigenvalue weighted by atomic mass is 16.5. The quantitative estimate of drug-likeness (QED) is 0.210. The van der Waals surface area contributed by atoms with Gasteiger partial charge in [-0.05, 0) is 88.5 Å². The minimum Gasteiger partial charge on any atom is -0.493 e. The summed E-state index contributed by atoms with van der Waals surface area (Å²) in [4.78, 5) is 26.9. The Hall–Kier alpha value is -4.04. The van der Waals surface area contributed by atoms with Crippen molar-refractivity contribution in [3.63, 3.8) is 0 Å². The number of carboxylic acids is 1. The number of hydrogen-bond donors (Lipinski definition) is 2. The van der Waals surface area contributed by atoms with Crippen LogP contribution in [-0.4, -0.2) is 53.4 Å². The molecule has 3 aliphatic heterocycles. The lowest BCUT2D eigenvalue weighted by atomic mass is 9.75. The van der Waals surface area contributed by atoms with Gasteiger partial charge < -0.3 is 29.5 Å². The molecule has 0 saturated carbocycles. The van der Waals surface area contributed by atoms with Gasteiger partial charge in [0.05, 0.1) is 24.2 Å². The minimum absolute atomic E-state index is 0.0148. The number of aliphatic carboxylic acids is 1. The van der Waals surface area contributed by atoms with Crippen LogP contribution in [0.2, 0.25) is 0 Å². The van der Waals surface area contributed by atoms with Gasteiger partial charge >= 0.3 is 12.0 Å². The Morgan fingerprint density at radius 2 is 1.66 bits per heavy atom. The van der Waals surface area contributed by atoms with Gasteiger partial charge in [0.2, 0.25) is 0 Å². The SMILES string of the molecule is CC1(C)Oc2cc(OCCCC3(C(=O)O)CCN(C(=O)NCc4ccccc4)CC3)ccc2[C@@H]2O[C@H](CCc3ccccc3)CC[C@H]21. The first-order valence-corrected chi connectivity index (χ1v) is 17.2. The molecule has 3 aliphatic rings. The van der Waals surface area contributed by atoms with Crippen molar-refractivity contribution >= 4 is 12.0 Å². The fraction of sp³-hybridized carbons (Fsp3) is 0.487. The largest absolute Gasteiger partial charge is 0.493 e. The highest BCUT2D eigenvalue weighted by Gasteiger charge is 2.47. The van der Waals surface area contributed by atoms with E-state index in [2.05, 4.69) is 55.6 Å². The second kappa shape index (κ2) is 14.4. The summed E-state index contributed by atoms with van der Waals surface area (Å²) in [5.41, 5.74) is 2.24. The van der Waals surface area contributed by atoms with E-state index in [0.717, 1.165) is 42.6 Å². The molecule has 0 spiro atoms. The lowest BCUT2D eigenvalue weighted by molar-refractivity contribution is -0.152. The van der Waals surface area contributed by atoms with E-state index >= 15 is 0 Å². The fourth-order valence-corrected chi connectivity index (χ4v) is 7.56. The summed E-state index contributed by atoms with van der Waals surface area (Å²) >= 11 is 0. The molecule has 6 rings (SSSR count). The zero-order valence-corrected chi connectivity index (χ0v) is 27.7. The van der Waals surface area contributed by atoms with Crippen LogP contribution in [0.25, 0.3) is 0 Å². The summed E-state index contributed by atoms with van der Waals surface area (Å²) < 4.78 is 19.4. The number of carbonyl (C=O) groups is 2. The second-order valence-corrected chi connectivity index (χ2v) is 14.0. The number of urea groups is 1. The smallest absolute Gasteiger partial charge is 0.317 e. The predicted octanol–water partition coefficient (Wildman–Crippen LogP) is 7.56. The Balaban J connectivity index is 1.00. The standard InChI is InChI=1S/C39H48N2O6/c1-38(2)33-19-17-30(15-14-28-10-5-3-6-11-28)46-35(33)32-18-16-31(26-34(32)47-38)45-25-9-20-39(36(42)43)21-23-41(24-22-39)37(44)40-27-29-12-7-4-8-13-29/h3-8,10-13,16,18,26,30,33,35H,9,14-15,17,19-25,27H2,1-2H3,(H,40,44)(H,42,43)/t30-,33-,35+/m1/s1. The van der Waals surface area contributed by atoms with E-state index in [-0.39, 0.29) is 29.8 Å². The number of carbonyl (C=O) groups excluding carboxylic acids is 1. The lowest BCUT2D eigenvalue weighted by Gasteiger charge is -2.48. The molecular weight excluding hydrogens is 592 g/mol. The molecule has 2 fully saturated rings. The van der Waals surface area contributed by atoms with Crippen LogP contribution in [-0.2, 0) is 22.5 Å². The van der Waals surface area contributed by atoms with Crippen molar-refractivity contribution in [3.05, 3.63) is 95.6 Å². The minimum atomic E-state index is -0.854. The average molecular weight is 641 g/mol. The van der Waals surface area contributed by atoms with Crippen LogP contribution in [0.3, 0.4) is 0 Å². The Morgan fingerprint density at radius 1 is 0.957 bits per heavy atom. The number of aryl methyl sites for hydroxylation is 1. The summed E-state index contributed by atoms with van der Waals surface area (Å²) in [6.07, 6.45) is 6.27. The van der Waals surface area contributed by atoms with Crippen LogP contribution in [0.15, 0.2) is 78.9 Å². The number of nitrogens with one attached hydrogen (secondary N) is 1. The van der Waals surface area contributed by atoms with Gasteiger partial charge in [0.15, 0.2) is 0 Å². The van der Waals surface area contributed by atoms with Crippen LogP contribution in [0.5, 0.6) is 11.5 Å². The van der Waals surface area contributed by atoms with E-state index in [1.165, 1.54) is 5.56 Å². The zero-order valence-electron chi connectivity index (χ0n) is 27.7. The van der Waals surface area contributed by atoms with E-state index in [0.29, 0.717) is 57.7 Å². The van der Waals surface area contributed by atoms with Crippen molar-refractivity contribution in [1.82, 2.24) is 10.2 Å². The maximum Gasteiger partial charge on any atom is 0.317 e. The van der Waals surface area contributed by atoms with Crippen molar-refractivity contribution in [1.29, 1.82) is 0 Å². The molecule has 3 heterocycles. The molecule has 3 aromatic rings. The summed E-state index contributed by atoms with van der Waals surface area (Å²) in [6, 6.07) is 26.2. The van der Waals surface area contributed by atoms with Gasteiger partial charge in [0.25, 0.3) is 0 Å². The van der Waals surface area contributed by atoms with Gasteiger partial charge in [-0.2, -0.15) is 0 Å². The second-order valence-electron chi connectivity index (χ2n) is 14.0. The summed E-state index contributed by atoms with van der Waals surface area (Å²) in [5, 5.41) is 13.1.